The number of nitrogens with one attached hydrogen (secondary N) is 2. The standard InChI is InChI=1S/C21H25N5O.C2HF3O2/c1-14-2-4-15(5-3-14)20(22)21(27)26-10-8-17(9-11-26)24-18-6-7-19-16(12-18)13-23-25-19;3-2(4,5)1(6)7/h2-7,12-13,17,20,24H,8-11,22H2,1H3,(H,23,25);(H,6,7). The summed E-state index contributed by atoms with van der Waals surface area (Å²) in [6.07, 6.45) is -1.43. The number of hydrogen-bond donors (Lipinski definition) is 4. The largest absolute Gasteiger partial charge is 0.490 e. The van der Waals surface area contributed by atoms with Crippen molar-refractivity contribution in [1.82, 2.24) is 15.1 Å². The van der Waals surface area contributed by atoms with Gasteiger partial charge in [-0.05, 0) is 43.5 Å². The van der Waals surface area contributed by atoms with Crippen LogP contribution in [0, 0.1) is 6.92 Å². The minimum absolute atomic E-state index is 0.0112. The summed E-state index contributed by atoms with van der Waals surface area (Å²) < 4.78 is 31.7. The Morgan fingerprint density at radius 3 is 2.38 bits per heavy atom. The van der Waals surface area contributed by atoms with E-state index in [9.17, 15) is 18.0 Å². The lowest BCUT2D eigenvalue weighted by Gasteiger charge is -2.34. The summed E-state index contributed by atoms with van der Waals surface area (Å²) in [5, 5.41) is 18.8. The molecular weight excluding hydrogens is 451 g/mol. The smallest absolute Gasteiger partial charge is 0.475 e. The van der Waals surface area contributed by atoms with E-state index in [2.05, 4.69) is 27.6 Å². The van der Waals surface area contributed by atoms with Crippen LogP contribution in [-0.4, -0.2) is 57.4 Å². The maximum atomic E-state index is 12.7. The number of rotatable bonds is 4. The molecule has 1 atom stereocenters. The predicted molar refractivity (Wildman–Crippen MR) is 121 cm³/mol. The number of alkyl halides is 3. The first-order valence-corrected chi connectivity index (χ1v) is 10.7. The van der Waals surface area contributed by atoms with E-state index < -0.39 is 18.2 Å². The third-order valence-corrected chi connectivity index (χ3v) is 5.56. The maximum Gasteiger partial charge on any atom is 0.490 e. The molecule has 1 aliphatic rings. The highest BCUT2D eigenvalue weighted by Crippen LogP contribution is 2.22. The number of nitrogens with zero attached hydrogens (tertiary/aromatic N) is 2. The van der Waals surface area contributed by atoms with Gasteiger partial charge >= 0.3 is 12.1 Å². The Morgan fingerprint density at radius 2 is 1.79 bits per heavy atom. The normalized spacial score (nSPS) is 15.4. The zero-order chi connectivity index (χ0) is 24.9. The van der Waals surface area contributed by atoms with Gasteiger partial charge in [0.05, 0.1) is 11.7 Å². The van der Waals surface area contributed by atoms with Crippen molar-refractivity contribution in [3.63, 3.8) is 0 Å². The minimum atomic E-state index is -5.08. The first-order chi connectivity index (χ1) is 16.0. The number of likely N-dealkylation sites (tertiary alicyclic amines) is 1. The number of aryl methyl sites for hydroxylation is 1. The van der Waals surface area contributed by atoms with Crippen molar-refractivity contribution in [2.75, 3.05) is 18.4 Å². The van der Waals surface area contributed by atoms with E-state index in [1.807, 2.05) is 48.4 Å². The van der Waals surface area contributed by atoms with E-state index in [1.54, 1.807) is 0 Å². The SMILES string of the molecule is Cc1ccc(C(N)C(=O)N2CCC(Nc3ccc4[nH]ncc4c3)CC2)cc1.O=C(O)C(F)(F)F. The molecule has 1 aliphatic heterocycles. The Labute approximate surface area is 193 Å². The molecule has 182 valence electrons. The van der Waals surface area contributed by atoms with Gasteiger partial charge in [0.25, 0.3) is 0 Å². The highest BCUT2D eigenvalue weighted by molar-refractivity contribution is 5.83. The Hall–Kier alpha value is -3.60. The van der Waals surface area contributed by atoms with E-state index in [0.29, 0.717) is 6.04 Å². The summed E-state index contributed by atoms with van der Waals surface area (Å²) in [7, 11) is 0. The number of amides is 1. The van der Waals surface area contributed by atoms with Gasteiger partial charge in [0.1, 0.15) is 6.04 Å². The molecule has 2 aromatic carbocycles. The number of aliphatic carboxylic acids is 1. The molecule has 1 aromatic heterocycles. The summed E-state index contributed by atoms with van der Waals surface area (Å²) in [4.78, 5) is 23.5. The lowest BCUT2D eigenvalue weighted by molar-refractivity contribution is -0.192. The molecule has 1 fully saturated rings. The molecule has 0 radical (unpaired) electrons. The van der Waals surface area contributed by atoms with Gasteiger partial charge in [0.2, 0.25) is 5.91 Å². The molecule has 1 unspecified atom stereocenters. The van der Waals surface area contributed by atoms with Crippen LogP contribution in [0.15, 0.2) is 48.7 Å². The topological polar surface area (TPSA) is 124 Å². The Morgan fingerprint density at radius 1 is 1.18 bits per heavy atom. The summed E-state index contributed by atoms with van der Waals surface area (Å²) in [5.41, 5.74) is 10.4. The van der Waals surface area contributed by atoms with Gasteiger partial charge in [-0.15, -0.1) is 0 Å². The van der Waals surface area contributed by atoms with Crippen LogP contribution in [0.25, 0.3) is 10.9 Å². The molecular formula is C23H26F3N5O3. The molecule has 2 heterocycles. The van der Waals surface area contributed by atoms with Gasteiger partial charge in [0.15, 0.2) is 0 Å². The average Bonchev–Trinajstić information content (AvgIpc) is 3.27. The van der Waals surface area contributed by atoms with Crippen LogP contribution in [-0.2, 0) is 9.59 Å². The number of carboxylic acids is 1. The van der Waals surface area contributed by atoms with E-state index in [0.717, 1.165) is 48.1 Å². The second-order valence-corrected chi connectivity index (χ2v) is 8.11. The fourth-order valence-electron chi connectivity index (χ4n) is 3.63. The van der Waals surface area contributed by atoms with E-state index in [1.165, 1.54) is 5.56 Å². The van der Waals surface area contributed by atoms with Crippen LogP contribution in [0.2, 0.25) is 0 Å². The van der Waals surface area contributed by atoms with Gasteiger partial charge in [-0.1, -0.05) is 29.8 Å². The maximum absolute atomic E-state index is 12.7. The van der Waals surface area contributed by atoms with Crippen LogP contribution in [0.5, 0.6) is 0 Å². The number of benzene rings is 2. The number of aromatic amines is 1. The molecule has 5 N–H and O–H groups in total. The van der Waals surface area contributed by atoms with E-state index >= 15 is 0 Å². The number of anilines is 1. The number of carbonyl (C=O) groups excluding carboxylic acids is 1. The number of halogens is 3. The Kier molecular flexibility index (Phi) is 7.77. The third kappa shape index (κ3) is 6.47. The van der Waals surface area contributed by atoms with Crippen molar-refractivity contribution in [2.45, 2.75) is 38.0 Å². The molecule has 3 aromatic rings. The second kappa shape index (κ2) is 10.6. The summed E-state index contributed by atoms with van der Waals surface area (Å²) in [6.45, 7) is 3.48. The van der Waals surface area contributed by atoms with E-state index in [-0.39, 0.29) is 5.91 Å². The van der Waals surface area contributed by atoms with Crippen LogP contribution in [0.3, 0.4) is 0 Å². The fourth-order valence-corrected chi connectivity index (χ4v) is 3.63. The van der Waals surface area contributed by atoms with Crippen LogP contribution < -0.4 is 11.1 Å². The molecule has 0 bridgehead atoms. The number of carbonyl (C=O) groups is 2. The number of nitrogens with two attached hydrogens (primary N) is 1. The van der Waals surface area contributed by atoms with Crippen molar-refractivity contribution in [3.8, 4) is 0 Å². The summed E-state index contributed by atoms with van der Waals surface area (Å²) in [5.74, 6) is -2.75. The zero-order valence-corrected chi connectivity index (χ0v) is 18.5. The third-order valence-electron chi connectivity index (χ3n) is 5.56. The molecule has 8 nitrogen and oxygen atoms in total. The summed E-state index contributed by atoms with van der Waals surface area (Å²) >= 11 is 0. The second-order valence-electron chi connectivity index (χ2n) is 8.11. The minimum Gasteiger partial charge on any atom is -0.475 e. The van der Waals surface area contributed by atoms with Crippen molar-refractivity contribution in [2.24, 2.45) is 5.73 Å². The molecule has 1 saturated heterocycles. The lowest BCUT2D eigenvalue weighted by atomic mass is 10.0. The quantitative estimate of drug-likeness (QED) is 0.455. The molecule has 0 saturated carbocycles. The highest BCUT2D eigenvalue weighted by Gasteiger charge is 2.38. The lowest BCUT2D eigenvalue weighted by Crippen LogP contribution is -2.45. The Bertz CT molecular complexity index is 1120. The molecule has 0 aliphatic carbocycles. The zero-order valence-electron chi connectivity index (χ0n) is 18.5. The number of piperidine rings is 1. The van der Waals surface area contributed by atoms with Gasteiger partial charge < -0.3 is 21.1 Å². The van der Waals surface area contributed by atoms with Crippen LogP contribution in [0.4, 0.5) is 18.9 Å². The summed E-state index contributed by atoms with van der Waals surface area (Å²) in [6, 6.07) is 13.8. The number of H-pyrrole nitrogens is 1. The molecule has 34 heavy (non-hydrogen) atoms. The monoisotopic (exact) mass is 477 g/mol. The van der Waals surface area contributed by atoms with Crippen molar-refractivity contribution < 1.29 is 27.9 Å². The molecule has 11 heteroatoms. The van der Waals surface area contributed by atoms with Gasteiger partial charge in [-0.2, -0.15) is 18.3 Å². The van der Waals surface area contributed by atoms with Crippen LogP contribution in [0.1, 0.15) is 30.0 Å². The van der Waals surface area contributed by atoms with Gasteiger partial charge in [-0.3, -0.25) is 9.89 Å². The van der Waals surface area contributed by atoms with Gasteiger partial charge in [-0.25, -0.2) is 4.79 Å². The Balaban J connectivity index is 0.000000406. The average molecular weight is 477 g/mol. The van der Waals surface area contributed by atoms with Crippen molar-refractivity contribution in [3.05, 3.63) is 59.8 Å². The molecule has 4 rings (SSSR count). The number of carboxylic acid groups (broad SMARTS) is 1. The number of hydrogen-bond acceptors (Lipinski definition) is 5. The number of fused-ring (bicyclic) bond motifs is 1. The molecule has 0 spiro atoms. The van der Waals surface area contributed by atoms with Gasteiger partial charge in [0, 0.05) is 30.2 Å². The van der Waals surface area contributed by atoms with Crippen molar-refractivity contribution >= 4 is 28.5 Å². The number of aromatic nitrogens is 2. The fraction of sp³-hybridized carbons (Fsp3) is 0.348. The highest BCUT2D eigenvalue weighted by atomic mass is 19.4. The first-order valence-electron chi connectivity index (χ1n) is 10.7. The van der Waals surface area contributed by atoms with Crippen LogP contribution >= 0.6 is 0 Å². The first kappa shape index (κ1) is 25.0. The molecule has 1 amide bonds. The predicted octanol–water partition coefficient (Wildman–Crippen LogP) is 3.61. The van der Waals surface area contributed by atoms with Crippen molar-refractivity contribution in [1.29, 1.82) is 0 Å². The van der Waals surface area contributed by atoms with E-state index in [4.69, 9.17) is 15.6 Å².